The van der Waals surface area contributed by atoms with Gasteiger partial charge < -0.3 is 9.55 Å². The van der Waals surface area contributed by atoms with Crippen LogP contribution in [0, 0.1) is 11.7 Å². The van der Waals surface area contributed by atoms with Crippen LogP contribution in [0.25, 0.3) is 11.2 Å². The molecule has 2 aromatic rings. The molecule has 0 atom stereocenters. The van der Waals surface area contributed by atoms with Gasteiger partial charge in [0.25, 0.3) is 0 Å². The van der Waals surface area contributed by atoms with E-state index in [-0.39, 0.29) is 0 Å². The zero-order valence-corrected chi connectivity index (χ0v) is 11.6. The van der Waals surface area contributed by atoms with Crippen molar-refractivity contribution < 1.29 is 0 Å². The van der Waals surface area contributed by atoms with Gasteiger partial charge in [0.05, 0.1) is 5.52 Å². The van der Waals surface area contributed by atoms with E-state index in [0.717, 1.165) is 28.0 Å². The third kappa shape index (κ3) is 1.91. The second-order valence-corrected chi connectivity index (χ2v) is 6.45. The maximum Gasteiger partial charge on any atom is 0.179 e. The number of hydrogen-bond donors (Lipinski definition) is 1. The van der Waals surface area contributed by atoms with E-state index in [1.54, 1.807) is 0 Å². The van der Waals surface area contributed by atoms with Crippen LogP contribution in [0.15, 0.2) is 12.3 Å². The van der Waals surface area contributed by atoms with Gasteiger partial charge in [-0.15, -0.1) is 0 Å². The lowest BCUT2D eigenvalue weighted by molar-refractivity contribution is 0.665. The van der Waals surface area contributed by atoms with Crippen molar-refractivity contribution in [2.24, 2.45) is 0 Å². The van der Waals surface area contributed by atoms with Gasteiger partial charge in [-0.25, -0.2) is 4.98 Å². The first-order valence-electron chi connectivity index (χ1n) is 5.74. The molecule has 1 N–H and O–H groups in total. The lowest BCUT2D eigenvalue weighted by atomic mass is 10.3. The molecule has 0 radical (unpaired) electrons. The van der Waals surface area contributed by atoms with E-state index in [4.69, 9.17) is 12.2 Å². The summed E-state index contributed by atoms with van der Waals surface area (Å²) in [6, 6.07) is 2.10. The number of hydrogen-bond acceptors (Lipinski definition) is 3. The number of H-pyrrole nitrogens is 1. The van der Waals surface area contributed by atoms with Gasteiger partial charge in [0.15, 0.2) is 10.4 Å². The number of thioether (sulfide) groups is 1. The van der Waals surface area contributed by atoms with E-state index in [2.05, 4.69) is 26.9 Å². The number of aromatic amines is 1. The second kappa shape index (κ2) is 3.85. The summed E-state index contributed by atoms with van der Waals surface area (Å²) in [5, 5.41) is 0. The molecule has 0 aliphatic heterocycles. The summed E-state index contributed by atoms with van der Waals surface area (Å²) < 4.78 is 3.34. The van der Waals surface area contributed by atoms with Gasteiger partial charge in [0, 0.05) is 17.5 Å². The molecule has 3 nitrogen and oxygen atoms in total. The Kier molecular flexibility index (Phi) is 2.56. The van der Waals surface area contributed by atoms with E-state index >= 15 is 0 Å². The Balaban J connectivity index is 2.09. The van der Waals surface area contributed by atoms with Gasteiger partial charge in [-0.05, 0) is 49.9 Å². The van der Waals surface area contributed by atoms with Crippen LogP contribution in [-0.4, -0.2) is 25.5 Å². The molecular weight excluding hydrogens is 250 g/mol. The Morgan fingerprint density at radius 3 is 3.00 bits per heavy atom. The van der Waals surface area contributed by atoms with Crippen molar-refractivity contribution in [3.05, 3.63) is 22.6 Å². The van der Waals surface area contributed by atoms with E-state index in [1.165, 1.54) is 12.8 Å². The predicted octanol–water partition coefficient (Wildman–Crippen LogP) is 3.30. The maximum atomic E-state index is 5.40. The highest BCUT2D eigenvalue weighted by molar-refractivity contribution is 8.00. The van der Waals surface area contributed by atoms with Crippen LogP contribution in [0.3, 0.4) is 0 Å². The molecule has 0 amide bonds. The van der Waals surface area contributed by atoms with Crippen molar-refractivity contribution in [1.82, 2.24) is 14.5 Å². The fraction of sp³-hybridized carbons (Fsp3) is 0.500. The van der Waals surface area contributed by atoms with Crippen LogP contribution in [0.5, 0.6) is 0 Å². The minimum absolute atomic E-state index is 0.403. The molecular formula is C12H15N3S2. The molecule has 1 saturated carbocycles. The number of pyridine rings is 1. The largest absolute Gasteiger partial charge is 0.329 e. The van der Waals surface area contributed by atoms with Crippen LogP contribution in [0.4, 0.5) is 0 Å². The lowest BCUT2D eigenvalue weighted by Gasteiger charge is -2.12. The van der Waals surface area contributed by atoms with Crippen molar-refractivity contribution in [3.63, 3.8) is 0 Å². The van der Waals surface area contributed by atoms with Gasteiger partial charge in [0.1, 0.15) is 0 Å². The second-order valence-electron chi connectivity index (χ2n) is 4.79. The SMILES string of the molecule is CSC1(Cn2c(=S)[nH]c3cc(C)cnc32)CC1. The van der Waals surface area contributed by atoms with E-state index in [1.807, 2.05) is 24.9 Å². The molecule has 5 heteroatoms. The highest BCUT2D eigenvalue weighted by Gasteiger charge is 2.42. The summed E-state index contributed by atoms with van der Waals surface area (Å²) in [6.07, 6.45) is 6.66. The number of aromatic nitrogens is 3. The molecule has 1 aliphatic carbocycles. The Hall–Kier alpha value is -0.810. The number of nitrogens with zero attached hydrogens (tertiary/aromatic N) is 2. The van der Waals surface area contributed by atoms with Crippen molar-refractivity contribution >= 4 is 35.1 Å². The van der Waals surface area contributed by atoms with Crippen LogP contribution < -0.4 is 0 Å². The van der Waals surface area contributed by atoms with Crippen LogP contribution in [0.1, 0.15) is 18.4 Å². The number of aryl methyl sites for hydroxylation is 1. The Morgan fingerprint density at radius 2 is 2.35 bits per heavy atom. The summed E-state index contributed by atoms with van der Waals surface area (Å²) in [5.41, 5.74) is 3.19. The molecule has 3 rings (SSSR count). The van der Waals surface area contributed by atoms with Crippen LogP contribution in [-0.2, 0) is 6.54 Å². The van der Waals surface area contributed by atoms with Crippen molar-refractivity contribution in [1.29, 1.82) is 0 Å². The van der Waals surface area contributed by atoms with E-state index < -0.39 is 0 Å². The third-order valence-electron chi connectivity index (χ3n) is 3.43. The fourth-order valence-corrected chi connectivity index (χ4v) is 3.18. The molecule has 0 saturated heterocycles. The topological polar surface area (TPSA) is 33.6 Å². The average molecular weight is 265 g/mol. The van der Waals surface area contributed by atoms with Crippen LogP contribution in [0.2, 0.25) is 0 Å². The summed E-state index contributed by atoms with van der Waals surface area (Å²) in [4.78, 5) is 7.75. The van der Waals surface area contributed by atoms with Crippen molar-refractivity contribution in [2.45, 2.75) is 31.1 Å². The summed E-state index contributed by atoms with van der Waals surface area (Å²) >= 11 is 7.35. The monoisotopic (exact) mass is 265 g/mol. The third-order valence-corrected chi connectivity index (χ3v) is 5.16. The molecule has 90 valence electrons. The minimum atomic E-state index is 0.403. The first-order valence-corrected chi connectivity index (χ1v) is 7.37. The number of imidazole rings is 1. The fourth-order valence-electron chi connectivity index (χ4n) is 2.15. The first-order chi connectivity index (χ1) is 8.13. The summed E-state index contributed by atoms with van der Waals surface area (Å²) in [5.74, 6) is 0. The Morgan fingerprint density at radius 1 is 1.59 bits per heavy atom. The minimum Gasteiger partial charge on any atom is -0.329 e. The number of nitrogens with one attached hydrogen (secondary N) is 1. The van der Waals surface area contributed by atoms with Gasteiger partial charge in [0.2, 0.25) is 0 Å². The molecule has 2 heterocycles. The molecule has 0 bridgehead atoms. The highest BCUT2D eigenvalue weighted by Crippen LogP contribution is 2.48. The Labute approximate surface area is 110 Å². The molecule has 0 spiro atoms. The molecule has 0 unspecified atom stereocenters. The standard InChI is InChI=1S/C12H15N3S2/c1-8-5-9-10(13-6-8)15(11(16)14-9)7-12(17-2)3-4-12/h5-6H,3-4,7H2,1-2H3,(H,14,16). The van der Waals surface area contributed by atoms with Crippen molar-refractivity contribution in [3.8, 4) is 0 Å². The summed E-state index contributed by atoms with van der Waals surface area (Å²) in [6.45, 7) is 3.02. The normalized spacial score (nSPS) is 17.5. The van der Waals surface area contributed by atoms with E-state index in [9.17, 15) is 0 Å². The maximum absolute atomic E-state index is 5.40. The molecule has 0 aromatic carbocycles. The van der Waals surface area contributed by atoms with Crippen molar-refractivity contribution in [2.75, 3.05) is 6.26 Å². The lowest BCUT2D eigenvalue weighted by Crippen LogP contribution is -2.14. The van der Waals surface area contributed by atoms with Gasteiger partial charge in [-0.3, -0.25) is 0 Å². The Bertz CT molecular complexity index is 622. The van der Waals surface area contributed by atoms with Crippen LogP contribution >= 0.6 is 24.0 Å². The zero-order chi connectivity index (χ0) is 12.0. The number of fused-ring (bicyclic) bond motifs is 1. The first kappa shape index (κ1) is 11.3. The number of rotatable bonds is 3. The van der Waals surface area contributed by atoms with Gasteiger partial charge in [-0.1, -0.05) is 0 Å². The molecule has 17 heavy (non-hydrogen) atoms. The molecule has 1 aliphatic rings. The average Bonchev–Trinajstić information content (AvgIpc) is 3.01. The van der Waals surface area contributed by atoms with Gasteiger partial charge >= 0.3 is 0 Å². The molecule has 2 aromatic heterocycles. The molecule has 1 fully saturated rings. The summed E-state index contributed by atoms with van der Waals surface area (Å²) in [7, 11) is 0. The van der Waals surface area contributed by atoms with Gasteiger partial charge in [-0.2, -0.15) is 11.8 Å². The predicted molar refractivity (Wildman–Crippen MR) is 75.1 cm³/mol. The quantitative estimate of drug-likeness (QED) is 0.865. The highest BCUT2D eigenvalue weighted by atomic mass is 32.2. The van der Waals surface area contributed by atoms with E-state index in [0.29, 0.717) is 4.75 Å². The smallest absolute Gasteiger partial charge is 0.179 e. The zero-order valence-electron chi connectivity index (χ0n) is 9.99.